The Kier molecular flexibility index (Phi) is 4.30. The summed E-state index contributed by atoms with van der Waals surface area (Å²) in [7, 11) is 1.84. The first-order chi connectivity index (χ1) is 13.6. The number of carbonyl (C=O) groups excluding carboxylic acids is 2. The molecule has 0 aliphatic carbocycles. The molecule has 2 aromatic rings. The van der Waals surface area contributed by atoms with Crippen LogP contribution in [-0.4, -0.2) is 63.2 Å². The van der Waals surface area contributed by atoms with Gasteiger partial charge in [-0.05, 0) is 43.7 Å². The van der Waals surface area contributed by atoms with E-state index in [-0.39, 0.29) is 17.9 Å². The van der Waals surface area contributed by atoms with Gasteiger partial charge < -0.3 is 15.5 Å². The zero-order valence-electron chi connectivity index (χ0n) is 16.1. The van der Waals surface area contributed by atoms with Crippen LogP contribution < -0.4 is 10.6 Å². The summed E-state index contributed by atoms with van der Waals surface area (Å²) in [6.45, 7) is 2.40. The Morgan fingerprint density at radius 3 is 3.07 bits per heavy atom. The molecule has 0 spiro atoms. The fraction of sp³-hybridized carbons (Fsp3) is 0.600. The number of aryl methyl sites for hydroxylation is 1. The first-order valence-electron chi connectivity index (χ1n) is 10.2. The Morgan fingerprint density at radius 2 is 2.18 bits per heavy atom. The van der Waals surface area contributed by atoms with E-state index in [4.69, 9.17) is 0 Å². The predicted molar refractivity (Wildman–Crippen MR) is 104 cm³/mol. The number of piperidine rings is 3. The summed E-state index contributed by atoms with van der Waals surface area (Å²) in [5.74, 6) is 1.05. The third kappa shape index (κ3) is 2.87. The lowest BCUT2D eigenvalue weighted by Gasteiger charge is -2.54. The number of aromatic nitrogens is 3. The van der Waals surface area contributed by atoms with Crippen molar-refractivity contribution in [2.75, 3.05) is 19.6 Å². The van der Waals surface area contributed by atoms with Gasteiger partial charge in [-0.3, -0.25) is 19.3 Å². The minimum Gasteiger partial charge on any atom is -0.350 e. The minimum absolute atomic E-state index is 0.0687. The maximum atomic E-state index is 12.8. The Balaban J connectivity index is 1.34. The predicted octanol–water partition coefficient (Wildman–Crippen LogP) is 0.687. The van der Waals surface area contributed by atoms with E-state index >= 15 is 0 Å². The van der Waals surface area contributed by atoms with E-state index in [9.17, 15) is 9.59 Å². The molecule has 3 saturated heterocycles. The van der Waals surface area contributed by atoms with Crippen molar-refractivity contribution in [1.29, 1.82) is 0 Å². The Morgan fingerprint density at radius 1 is 1.32 bits per heavy atom. The number of pyridine rings is 1. The van der Waals surface area contributed by atoms with Crippen molar-refractivity contribution in [2.45, 2.75) is 37.8 Å². The lowest BCUT2D eigenvalue weighted by atomic mass is 9.72. The van der Waals surface area contributed by atoms with Crippen molar-refractivity contribution in [3.63, 3.8) is 0 Å². The number of amides is 2. The van der Waals surface area contributed by atoms with Gasteiger partial charge in [0, 0.05) is 38.8 Å². The van der Waals surface area contributed by atoms with E-state index in [1.807, 2.05) is 13.1 Å². The molecule has 3 aliphatic heterocycles. The van der Waals surface area contributed by atoms with Crippen LogP contribution in [0.5, 0.6) is 0 Å². The number of nitrogens with zero attached hydrogens (tertiary/aromatic N) is 4. The number of carbonyl (C=O) groups is 2. The molecule has 4 atom stereocenters. The van der Waals surface area contributed by atoms with Gasteiger partial charge in [0.1, 0.15) is 5.52 Å². The number of rotatable bonds is 3. The van der Waals surface area contributed by atoms with Gasteiger partial charge in [-0.1, -0.05) is 0 Å². The van der Waals surface area contributed by atoms with Gasteiger partial charge in [-0.2, -0.15) is 5.10 Å². The van der Waals surface area contributed by atoms with Gasteiger partial charge in [0.25, 0.3) is 5.91 Å². The highest BCUT2D eigenvalue weighted by molar-refractivity contribution is 5.96. The van der Waals surface area contributed by atoms with Crippen LogP contribution in [0.4, 0.5) is 0 Å². The van der Waals surface area contributed by atoms with E-state index in [1.165, 1.54) is 0 Å². The van der Waals surface area contributed by atoms with Gasteiger partial charge in [0.15, 0.2) is 0 Å². The molecule has 3 fully saturated rings. The average molecular weight is 382 g/mol. The van der Waals surface area contributed by atoms with Gasteiger partial charge in [0.05, 0.1) is 23.3 Å². The van der Waals surface area contributed by atoms with Gasteiger partial charge in [-0.15, -0.1) is 0 Å². The van der Waals surface area contributed by atoms with Crippen molar-refractivity contribution >= 4 is 22.8 Å². The molecule has 5 heterocycles. The first kappa shape index (κ1) is 17.6. The van der Waals surface area contributed by atoms with Crippen molar-refractivity contribution in [3.8, 4) is 0 Å². The molecule has 0 radical (unpaired) electrons. The molecule has 28 heavy (non-hydrogen) atoms. The summed E-state index contributed by atoms with van der Waals surface area (Å²) in [5, 5.41) is 10.8. The highest BCUT2D eigenvalue weighted by Gasteiger charge is 2.47. The molecule has 148 valence electrons. The fourth-order valence-electron chi connectivity index (χ4n) is 5.35. The third-order valence-electron chi connectivity index (χ3n) is 6.73. The van der Waals surface area contributed by atoms with Crippen molar-refractivity contribution in [2.24, 2.45) is 18.9 Å². The molecule has 2 amide bonds. The van der Waals surface area contributed by atoms with Crippen LogP contribution in [0, 0.1) is 11.8 Å². The average Bonchev–Trinajstić information content (AvgIpc) is 3.09. The molecule has 8 nitrogen and oxygen atoms in total. The maximum Gasteiger partial charge on any atom is 0.252 e. The smallest absolute Gasteiger partial charge is 0.252 e. The van der Waals surface area contributed by atoms with Crippen LogP contribution in [0.1, 0.15) is 36.0 Å². The Hall–Kier alpha value is -2.48. The lowest BCUT2D eigenvalue weighted by molar-refractivity contribution is -0.148. The largest absolute Gasteiger partial charge is 0.350 e. The van der Waals surface area contributed by atoms with E-state index in [0.29, 0.717) is 36.4 Å². The van der Waals surface area contributed by atoms with Gasteiger partial charge >= 0.3 is 0 Å². The summed E-state index contributed by atoms with van der Waals surface area (Å²) in [6.07, 6.45) is 7.12. The van der Waals surface area contributed by atoms with Crippen LogP contribution >= 0.6 is 0 Å². The van der Waals surface area contributed by atoms with E-state index < -0.39 is 0 Å². The van der Waals surface area contributed by atoms with E-state index in [0.717, 1.165) is 43.4 Å². The third-order valence-corrected chi connectivity index (χ3v) is 6.73. The molecule has 8 heteroatoms. The quantitative estimate of drug-likeness (QED) is 0.815. The zero-order valence-corrected chi connectivity index (χ0v) is 16.1. The second-order valence-corrected chi connectivity index (χ2v) is 8.35. The van der Waals surface area contributed by atoms with Crippen molar-refractivity contribution in [3.05, 3.63) is 24.0 Å². The molecular weight excluding hydrogens is 356 g/mol. The molecule has 2 aromatic heterocycles. The van der Waals surface area contributed by atoms with Crippen LogP contribution in [0.2, 0.25) is 0 Å². The second-order valence-electron chi connectivity index (χ2n) is 8.35. The monoisotopic (exact) mass is 382 g/mol. The zero-order chi connectivity index (χ0) is 19.3. The molecule has 2 bridgehead atoms. The molecule has 0 saturated carbocycles. The van der Waals surface area contributed by atoms with Crippen molar-refractivity contribution < 1.29 is 9.59 Å². The molecule has 0 aromatic carbocycles. The van der Waals surface area contributed by atoms with Gasteiger partial charge in [0.2, 0.25) is 5.91 Å². The number of hydrogen-bond donors (Lipinski definition) is 2. The highest BCUT2D eigenvalue weighted by atomic mass is 16.2. The van der Waals surface area contributed by atoms with Crippen LogP contribution in [0.15, 0.2) is 18.5 Å². The normalized spacial score (nSPS) is 29.6. The number of nitrogens with one attached hydrogen (secondary N) is 2. The Bertz CT molecular complexity index is 925. The van der Waals surface area contributed by atoms with Crippen LogP contribution in [0.3, 0.4) is 0 Å². The first-order valence-corrected chi connectivity index (χ1v) is 10.2. The standard InChI is InChI=1S/C20H26N6O2/c1-25-17-6-14(9-22-15(17)10-24-25)20(28)23-11-18-13-5-12(7-21-8-13)16-3-2-4-19(27)26(16)18/h6,9-10,12-13,16,18,21H,2-5,7-8,11H2,1H3,(H,23,28)/t12-,13+,16+,18+/m1/s1. The molecule has 5 rings (SSSR count). The van der Waals surface area contributed by atoms with Gasteiger partial charge in [-0.25, -0.2) is 0 Å². The topological polar surface area (TPSA) is 92.1 Å². The highest BCUT2D eigenvalue weighted by Crippen LogP contribution is 2.39. The summed E-state index contributed by atoms with van der Waals surface area (Å²) < 4.78 is 1.71. The SMILES string of the molecule is Cn1ncc2ncc(C(=O)NC[C@H]3[C@@H]4CNC[C@@H](C4)[C@@H]4CCCC(=O)N43)cc21. The molecular formula is C20H26N6O2. The molecule has 0 unspecified atom stereocenters. The van der Waals surface area contributed by atoms with Crippen LogP contribution in [-0.2, 0) is 11.8 Å². The summed E-state index contributed by atoms with van der Waals surface area (Å²) in [6, 6.07) is 2.21. The number of fused-ring (bicyclic) bond motifs is 5. The second kappa shape index (κ2) is 6.84. The van der Waals surface area contributed by atoms with E-state index in [2.05, 4.69) is 25.6 Å². The summed E-state index contributed by atoms with van der Waals surface area (Å²) >= 11 is 0. The Labute approximate surface area is 163 Å². The minimum atomic E-state index is -0.150. The van der Waals surface area contributed by atoms with E-state index in [1.54, 1.807) is 17.1 Å². The van der Waals surface area contributed by atoms with Crippen molar-refractivity contribution in [1.82, 2.24) is 30.3 Å². The molecule has 2 N–H and O–H groups in total. The summed E-state index contributed by atoms with van der Waals surface area (Å²) in [4.78, 5) is 31.9. The fourth-order valence-corrected chi connectivity index (χ4v) is 5.35. The maximum absolute atomic E-state index is 12.8. The number of hydrogen-bond acceptors (Lipinski definition) is 5. The van der Waals surface area contributed by atoms with Crippen LogP contribution in [0.25, 0.3) is 11.0 Å². The summed E-state index contributed by atoms with van der Waals surface area (Å²) in [5.41, 5.74) is 2.12. The lowest BCUT2D eigenvalue weighted by Crippen LogP contribution is -2.66. The molecule has 3 aliphatic rings.